The molecule has 0 spiro atoms. The molecule has 20 heavy (non-hydrogen) atoms. The molecule has 0 atom stereocenters. The van der Waals surface area contributed by atoms with Gasteiger partial charge in [0.15, 0.2) is 0 Å². The van der Waals surface area contributed by atoms with Crippen molar-refractivity contribution in [1.29, 1.82) is 0 Å². The van der Waals surface area contributed by atoms with Crippen molar-refractivity contribution in [1.82, 2.24) is 0 Å². The van der Waals surface area contributed by atoms with Crippen LogP contribution in [0.5, 0.6) is 0 Å². The highest BCUT2D eigenvalue weighted by Gasteiger charge is 2.25. The number of thiol groups is 2. The molecule has 6 nitrogen and oxygen atoms in total. The van der Waals surface area contributed by atoms with Gasteiger partial charge in [-0.05, 0) is 33.7 Å². The van der Waals surface area contributed by atoms with E-state index in [2.05, 4.69) is 23.3 Å². The fourth-order valence-corrected chi connectivity index (χ4v) is 2.51. The average molecular weight is 350 g/mol. The minimum Gasteiger partial charge on any atom is -0.478 e. The number of carboxylic acids is 2. The predicted octanol–water partition coefficient (Wildman–Crippen LogP) is 2.52. The Morgan fingerprint density at radius 2 is 1.05 bits per heavy atom. The van der Waals surface area contributed by atoms with Crippen LogP contribution in [0.25, 0.3) is 0 Å². The van der Waals surface area contributed by atoms with E-state index in [1.165, 1.54) is 0 Å². The van der Waals surface area contributed by atoms with E-state index < -0.39 is 33.3 Å². The molecule has 0 heterocycles. The first-order chi connectivity index (χ1) is 9.33. The number of carboxylic acid groups (broad SMARTS) is 2. The monoisotopic (exact) mass is 350 g/mol. The van der Waals surface area contributed by atoms with Crippen molar-refractivity contribution in [2.45, 2.75) is 0 Å². The van der Waals surface area contributed by atoms with Crippen LogP contribution in [-0.2, 0) is 0 Å². The molecule has 0 amide bonds. The van der Waals surface area contributed by atoms with Gasteiger partial charge < -0.3 is 10.2 Å². The van der Waals surface area contributed by atoms with Gasteiger partial charge in [0, 0.05) is 11.1 Å². The third-order valence-corrected chi connectivity index (χ3v) is 3.99. The van der Waals surface area contributed by atoms with Crippen molar-refractivity contribution >= 4 is 67.1 Å². The van der Waals surface area contributed by atoms with E-state index in [1.54, 1.807) is 0 Å². The molecule has 1 rings (SSSR count). The van der Waals surface area contributed by atoms with Crippen molar-refractivity contribution in [3.8, 4) is 0 Å². The first kappa shape index (κ1) is 17.0. The number of benzene rings is 1. The Morgan fingerprint density at radius 3 is 1.25 bits per heavy atom. The van der Waals surface area contributed by atoms with Gasteiger partial charge in [0.25, 0.3) is 0 Å². The van der Waals surface area contributed by atoms with Gasteiger partial charge in [-0.15, -0.1) is 23.3 Å². The zero-order valence-electron chi connectivity index (χ0n) is 9.39. The zero-order chi connectivity index (χ0) is 15.4. The number of hydrogen-bond donors (Lipinski definition) is 4. The second kappa shape index (κ2) is 7.07. The van der Waals surface area contributed by atoms with Gasteiger partial charge in [0.2, 0.25) is 10.2 Å². The molecule has 0 aliphatic carbocycles. The van der Waals surface area contributed by atoms with Gasteiger partial charge in [-0.1, -0.05) is 0 Å². The van der Waals surface area contributed by atoms with Gasteiger partial charge in [-0.25, -0.2) is 9.59 Å². The minimum atomic E-state index is -1.45. The molecular formula is C10H6O6S4. The second-order valence-electron chi connectivity index (χ2n) is 3.31. The summed E-state index contributed by atoms with van der Waals surface area (Å²) in [4.78, 5) is 45.4. The highest BCUT2D eigenvalue weighted by Crippen LogP contribution is 2.26. The molecule has 1 aromatic carbocycles. The van der Waals surface area contributed by atoms with Crippen LogP contribution in [0.4, 0.5) is 0 Å². The molecular weight excluding hydrogens is 344 g/mol. The summed E-state index contributed by atoms with van der Waals surface area (Å²) in [6.07, 6.45) is 0. The Labute approximate surface area is 130 Å². The summed E-state index contributed by atoms with van der Waals surface area (Å²) < 4.78 is 0. The Kier molecular flexibility index (Phi) is 5.99. The lowest BCUT2D eigenvalue weighted by molar-refractivity contribution is 0.0678. The lowest BCUT2D eigenvalue weighted by atomic mass is 9.99. The molecule has 0 aromatic heterocycles. The minimum absolute atomic E-state index is 0.337. The van der Waals surface area contributed by atoms with Gasteiger partial charge in [0.05, 0.1) is 11.1 Å². The van der Waals surface area contributed by atoms with E-state index in [0.29, 0.717) is 21.6 Å². The smallest absolute Gasteiger partial charge is 0.336 e. The molecule has 0 saturated heterocycles. The number of rotatable bonds is 4. The van der Waals surface area contributed by atoms with Crippen molar-refractivity contribution in [3.05, 3.63) is 34.4 Å². The summed E-state index contributed by atoms with van der Waals surface area (Å²) in [7, 11) is 0.888. The molecule has 0 fully saturated rings. The molecule has 0 saturated carbocycles. The standard InChI is InChI=1S/C10H6O6S4/c11-7(12)3-1-5(9(15)19-17)4(8(13)14)2-6(3)10(16)20-18/h1-2,17-18H,(H,11,12)(H,13,14). The van der Waals surface area contributed by atoms with E-state index >= 15 is 0 Å². The Bertz CT molecular complexity index is 558. The first-order valence-electron chi connectivity index (χ1n) is 4.69. The van der Waals surface area contributed by atoms with Gasteiger partial charge in [-0.3, -0.25) is 9.59 Å². The third-order valence-electron chi connectivity index (χ3n) is 2.22. The van der Waals surface area contributed by atoms with Crippen molar-refractivity contribution < 1.29 is 29.4 Å². The van der Waals surface area contributed by atoms with Crippen LogP contribution in [0.2, 0.25) is 0 Å². The number of carbonyl (C=O) groups excluding carboxylic acids is 2. The SMILES string of the molecule is O=C(O)c1cc(C(=O)SS)c(C(=O)O)cc1C(=O)SS. The maximum atomic E-state index is 11.6. The Morgan fingerprint density at radius 1 is 0.750 bits per heavy atom. The quantitative estimate of drug-likeness (QED) is 0.484. The maximum absolute atomic E-state index is 11.6. The van der Waals surface area contributed by atoms with Crippen LogP contribution < -0.4 is 0 Å². The average Bonchev–Trinajstić information content (AvgIpc) is 2.43. The summed E-state index contributed by atoms with van der Waals surface area (Å²) in [6, 6.07) is 1.71. The van der Waals surface area contributed by atoms with Gasteiger partial charge in [0.1, 0.15) is 0 Å². The summed E-state index contributed by atoms with van der Waals surface area (Å²) >= 11 is 7.31. The molecule has 0 aliphatic heterocycles. The fraction of sp³-hybridized carbons (Fsp3) is 0. The van der Waals surface area contributed by atoms with E-state index in [4.69, 9.17) is 10.2 Å². The molecule has 106 valence electrons. The van der Waals surface area contributed by atoms with E-state index in [-0.39, 0.29) is 11.1 Å². The van der Waals surface area contributed by atoms with Crippen molar-refractivity contribution in [2.24, 2.45) is 0 Å². The highest BCUT2D eigenvalue weighted by atomic mass is 33.1. The topological polar surface area (TPSA) is 109 Å². The Hall–Kier alpha value is -1.10. The Balaban J connectivity index is 3.68. The lowest BCUT2D eigenvalue weighted by Gasteiger charge is -2.09. The molecule has 10 heteroatoms. The molecule has 0 unspecified atom stereocenters. The van der Waals surface area contributed by atoms with Gasteiger partial charge in [-0.2, -0.15) is 0 Å². The summed E-state index contributed by atoms with van der Waals surface area (Å²) in [5, 5.41) is 16.6. The number of carbonyl (C=O) groups is 4. The second-order valence-corrected chi connectivity index (χ2v) is 5.51. The van der Waals surface area contributed by atoms with Crippen molar-refractivity contribution in [3.63, 3.8) is 0 Å². The van der Waals surface area contributed by atoms with Crippen LogP contribution in [0, 0.1) is 0 Å². The van der Waals surface area contributed by atoms with Crippen LogP contribution in [0.1, 0.15) is 41.4 Å². The molecule has 0 bridgehead atoms. The summed E-state index contributed by atoms with van der Waals surface area (Å²) in [5.74, 6) is -2.91. The highest BCUT2D eigenvalue weighted by molar-refractivity contribution is 8.75. The number of hydrogen-bond acceptors (Lipinski definition) is 8. The third kappa shape index (κ3) is 3.51. The zero-order valence-corrected chi connectivity index (χ0v) is 12.8. The maximum Gasteiger partial charge on any atom is 0.336 e. The molecule has 2 N–H and O–H groups in total. The van der Waals surface area contributed by atoms with Crippen LogP contribution in [0.3, 0.4) is 0 Å². The fourth-order valence-electron chi connectivity index (χ4n) is 1.39. The normalized spacial score (nSPS) is 10.1. The lowest BCUT2D eigenvalue weighted by Crippen LogP contribution is -2.13. The van der Waals surface area contributed by atoms with Crippen LogP contribution in [0.15, 0.2) is 12.1 Å². The molecule has 0 aliphatic rings. The summed E-state index contributed by atoms with van der Waals surface area (Å²) in [5.41, 5.74) is -1.61. The van der Waals surface area contributed by atoms with E-state index in [0.717, 1.165) is 12.1 Å². The van der Waals surface area contributed by atoms with Crippen LogP contribution >= 0.6 is 44.9 Å². The first-order valence-corrected chi connectivity index (χ1v) is 8.43. The van der Waals surface area contributed by atoms with E-state index in [9.17, 15) is 19.2 Å². The van der Waals surface area contributed by atoms with Crippen LogP contribution in [-0.4, -0.2) is 32.4 Å². The molecule has 1 aromatic rings. The van der Waals surface area contributed by atoms with Gasteiger partial charge >= 0.3 is 11.9 Å². The number of aromatic carboxylic acids is 2. The summed E-state index contributed by atoms with van der Waals surface area (Å²) in [6.45, 7) is 0. The molecule has 0 radical (unpaired) electrons. The largest absolute Gasteiger partial charge is 0.478 e. The predicted molar refractivity (Wildman–Crippen MR) is 82.2 cm³/mol. The van der Waals surface area contributed by atoms with Crippen molar-refractivity contribution in [2.75, 3.05) is 0 Å². The van der Waals surface area contributed by atoms with E-state index in [1.807, 2.05) is 0 Å².